The smallest absolute Gasteiger partial charge is 0.270 e. The molecule has 2 aromatic carbocycles. The van der Waals surface area contributed by atoms with E-state index in [0.29, 0.717) is 27.9 Å². The van der Waals surface area contributed by atoms with Crippen molar-refractivity contribution in [3.8, 4) is 6.07 Å². The van der Waals surface area contributed by atoms with Gasteiger partial charge >= 0.3 is 0 Å². The summed E-state index contributed by atoms with van der Waals surface area (Å²) in [5, 5.41) is 10.0. The molecule has 0 aliphatic carbocycles. The van der Waals surface area contributed by atoms with E-state index in [9.17, 15) is 14.9 Å². The number of pyridine rings is 1. The molecule has 0 bridgehead atoms. The number of carbonyl (C=O) groups excluding carboxylic acids is 1. The summed E-state index contributed by atoms with van der Waals surface area (Å²) in [6.07, 6.45) is 3.59. The number of piperazine rings is 1. The largest absolute Gasteiger partial charge is 0.355 e. The number of hydrogen-bond acceptors (Lipinski definition) is 7. The summed E-state index contributed by atoms with van der Waals surface area (Å²) in [5.74, 6) is 0.636. The van der Waals surface area contributed by atoms with E-state index in [-0.39, 0.29) is 17.0 Å². The Kier molecular flexibility index (Phi) is 9.81. The second kappa shape index (κ2) is 13.7. The van der Waals surface area contributed by atoms with Crippen molar-refractivity contribution in [3.63, 3.8) is 0 Å². The topological polar surface area (TPSA) is 72.6 Å². The number of thioether (sulfide) groups is 1. The molecule has 7 nitrogen and oxygen atoms in total. The van der Waals surface area contributed by atoms with Crippen molar-refractivity contribution in [3.05, 3.63) is 103 Å². The van der Waals surface area contributed by atoms with Gasteiger partial charge in [0, 0.05) is 44.8 Å². The highest BCUT2D eigenvalue weighted by atomic mass is 32.2. The van der Waals surface area contributed by atoms with Crippen LogP contribution < -0.4 is 10.5 Å². The number of nitrogens with zero attached hydrogens (tertiary/aromatic N) is 5. The average molecular weight is 612 g/mol. The van der Waals surface area contributed by atoms with Gasteiger partial charge in [-0.1, -0.05) is 97.5 Å². The summed E-state index contributed by atoms with van der Waals surface area (Å²) in [6.45, 7) is 10.9. The molecule has 0 unspecified atom stereocenters. The van der Waals surface area contributed by atoms with Crippen LogP contribution in [-0.2, 0) is 24.4 Å². The average Bonchev–Trinajstić information content (AvgIpc) is 3.27. The molecule has 9 heteroatoms. The van der Waals surface area contributed by atoms with Gasteiger partial charge in [-0.15, -0.1) is 0 Å². The van der Waals surface area contributed by atoms with Gasteiger partial charge in [-0.2, -0.15) is 5.26 Å². The fourth-order valence-corrected chi connectivity index (χ4v) is 6.85. The van der Waals surface area contributed by atoms with Crippen LogP contribution in [0.3, 0.4) is 0 Å². The van der Waals surface area contributed by atoms with E-state index >= 15 is 0 Å². The highest BCUT2D eigenvalue weighted by Crippen LogP contribution is 2.37. The SMILES string of the molecule is CCCCn1c(N2CCN(Cc3ccccc3)CC2)c(/C=C2/SC(=S)N(Cc3ccc(C)cc3)C2=O)c(C)c(C#N)c1=O. The lowest BCUT2D eigenvalue weighted by Crippen LogP contribution is -2.48. The fraction of sp³-hybridized carbons (Fsp3) is 0.353. The molecule has 3 heterocycles. The molecule has 0 saturated carbocycles. The summed E-state index contributed by atoms with van der Waals surface area (Å²) in [7, 11) is 0. The minimum absolute atomic E-state index is 0.129. The molecule has 2 aliphatic heterocycles. The number of thiocarbonyl (C=S) groups is 1. The van der Waals surface area contributed by atoms with Crippen LogP contribution in [0, 0.1) is 25.2 Å². The molecule has 2 saturated heterocycles. The Morgan fingerprint density at radius 1 is 0.953 bits per heavy atom. The number of benzene rings is 2. The molecule has 5 rings (SSSR count). The zero-order valence-corrected chi connectivity index (χ0v) is 26.6. The molecule has 0 N–H and O–H groups in total. The lowest BCUT2D eigenvalue weighted by atomic mass is 10.0. The van der Waals surface area contributed by atoms with Crippen molar-refractivity contribution in [1.29, 1.82) is 5.26 Å². The maximum absolute atomic E-state index is 13.7. The van der Waals surface area contributed by atoms with Crippen LogP contribution in [0.25, 0.3) is 6.08 Å². The van der Waals surface area contributed by atoms with Crippen LogP contribution in [0.4, 0.5) is 5.82 Å². The Hall–Kier alpha value is -3.71. The molecule has 3 aromatic rings. The van der Waals surface area contributed by atoms with Crippen molar-refractivity contribution in [2.24, 2.45) is 0 Å². The van der Waals surface area contributed by atoms with E-state index in [2.05, 4.69) is 47.1 Å². The van der Waals surface area contributed by atoms with E-state index in [0.717, 1.165) is 68.1 Å². The standard InChI is InChI=1S/C34H37N5O2S2/c1-4-5-15-38-31(37-18-16-36(17-19-37)22-26-9-7-6-8-10-26)28(25(3)29(21-35)32(38)40)20-30-33(41)39(34(42)43-30)23-27-13-11-24(2)12-14-27/h6-14,20H,4-5,15-19,22-23H2,1-3H3/b30-20+. The Morgan fingerprint density at radius 3 is 2.28 bits per heavy atom. The van der Waals surface area contributed by atoms with Crippen molar-refractivity contribution >= 4 is 46.1 Å². The molecule has 2 fully saturated rings. The van der Waals surface area contributed by atoms with Crippen molar-refractivity contribution in [1.82, 2.24) is 14.4 Å². The van der Waals surface area contributed by atoms with Crippen molar-refractivity contribution < 1.29 is 4.79 Å². The summed E-state index contributed by atoms with van der Waals surface area (Å²) in [6, 6.07) is 20.7. The normalized spacial score (nSPS) is 16.7. The molecule has 1 aromatic heterocycles. The number of carbonyl (C=O) groups is 1. The zero-order chi connectivity index (χ0) is 30.5. The molecular weight excluding hydrogens is 575 g/mol. The van der Waals surface area contributed by atoms with Crippen LogP contribution in [0.1, 0.15) is 53.1 Å². The maximum atomic E-state index is 13.7. The molecule has 0 spiro atoms. The predicted octanol–water partition coefficient (Wildman–Crippen LogP) is 5.86. The van der Waals surface area contributed by atoms with Crippen LogP contribution in [0.5, 0.6) is 0 Å². The van der Waals surface area contributed by atoms with Gasteiger partial charge in [0.15, 0.2) is 0 Å². The molecular formula is C34H37N5O2S2. The third-order valence-corrected chi connectivity index (χ3v) is 9.49. The molecule has 0 radical (unpaired) electrons. The number of anilines is 1. The number of unbranched alkanes of at least 4 members (excludes halogenated alkanes) is 1. The van der Waals surface area contributed by atoms with Gasteiger partial charge in [0.1, 0.15) is 21.8 Å². The van der Waals surface area contributed by atoms with E-state index in [1.54, 1.807) is 9.47 Å². The maximum Gasteiger partial charge on any atom is 0.270 e. The first-order valence-corrected chi connectivity index (χ1v) is 16.0. The number of nitriles is 1. The first-order valence-electron chi connectivity index (χ1n) is 14.8. The van der Waals surface area contributed by atoms with Gasteiger partial charge in [-0.25, -0.2) is 0 Å². The lowest BCUT2D eigenvalue weighted by molar-refractivity contribution is -0.122. The number of hydrogen-bond donors (Lipinski definition) is 0. The minimum atomic E-state index is -0.265. The van der Waals surface area contributed by atoms with Gasteiger partial charge in [0.2, 0.25) is 0 Å². The number of amides is 1. The highest BCUT2D eigenvalue weighted by Gasteiger charge is 2.34. The van der Waals surface area contributed by atoms with Gasteiger partial charge in [0.25, 0.3) is 11.5 Å². The fourth-order valence-electron chi connectivity index (χ4n) is 5.61. The second-order valence-electron chi connectivity index (χ2n) is 11.2. The zero-order valence-electron chi connectivity index (χ0n) is 25.0. The molecule has 222 valence electrons. The summed E-state index contributed by atoms with van der Waals surface area (Å²) >= 11 is 6.93. The van der Waals surface area contributed by atoms with Gasteiger partial charge in [-0.3, -0.25) is 24.0 Å². The summed E-state index contributed by atoms with van der Waals surface area (Å²) in [5.41, 5.74) is 4.66. The van der Waals surface area contributed by atoms with Gasteiger partial charge in [0.05, 0.1) is 11.4 Å². The van der Waals surface area contributed by atoms with Crippen molar-refractivity contribution in [2.75, 3.05) is 31.1 Å². The summed E-state index contributed by atoms with van der Waals surface area (Å²) in [4.78, 5) is 34.2. The first-order chi connectivity index (χ1) is 20.8. The Morgan fingerprint density at radius 2 is 1.63 bits per heavy atom. The number of aryl methyl sites for hydroxylation is 1. The predicted molar refractivity (Wildman–Crippen MR) is 179 cm³/mol. The Balaban J connectivity index is 1.50. The monoisotopic (exact) mass is 611 g/mol. The van der Waals surface area contributed by atoms with Gasteiger partial charge < -0.3 is 4.90 Å². The van der Waals surface area contributed by atoms with Crippen LogP contribution in [0.2, 0.25) is 0 Å². The number of aromatic nitrogens is 1. The van der Waals surface area contributed by atoms with E-state index in [1.807, 2.05) is 50.3 Å². The molecule has 43 heavy (non-hydrogen) atoms. The molecule has 2 aliphatic rings. The van der Waals surface area contributed by atoms with Gasteiger partial charge in [-0.05, 0) is 43.0 Å². The highest BCUT2D eigenvalue weighted by molar-refractivity contribution is 8.26. The molecule has 1 amide bonds. The van der Waals surface area contributed by atoms with Crippen LogP contribution in [-0.4, -0.2) is 50.8 Å². The third-order valence-electron chi connectivity index (χ3n) is 8.11. The van der Waals surface area contributed by atoms with E-state index < -0.39 is 0 Å². The summed E-state index contributed by atoms with van der Waals surface area (Å²) < 4.78 is 2.27. The lowest BCUT2D eigenvalue weighted by Gasteiger charge is -2.38. The second-order valence-corrected chi connectivity index (χ2v) is 12.8. The first kappa shape index (κ1) is 30.7. The van der Waals surface area contributed by atoms with Crippen LogP contribution in [0.15, 0.2) is 64.3 Å². The van der Waals surface area contributed by atoms with E-state index in [1.165, 1.54) is 17.3 Å². The quantitative estimate of drug-likeness (QED) is 0.222. The minimum Gasteiger partial charge on any atom is -0.355 e. The Labute approximate surface area is 263 Å². The van der Waals surface area contributed by atoms with E-state index in [4.69, 9.17) is 12.2 Å². The number of rotatable bonds is 9. The van der Waals surface area contributed by atoms with Crippen molar-refractivity contribution in [2.45, 2.75) is 53.2 Å². The Bertz CT molecular complexity index is 1630. The third kappa shape index (κ3) is 6.77. The van der Waals surface area contributed by atoms with Crippen LogP contribution >= 0.6 is 24.0 Å². The molecule has 0 atom stereocenters.